The van der Waals surface area contributed by atoms with Gasteiger partial charge >= 0.3 is 18.0 Å². The molecule has 0 saturated carbocycles. The Morgan fingerprint density at radius 1 is 0.773 bits per heavy atom. The summed E-state index contributed by atoms with van der Waals surface area (Å²) < 4.78 is 87.0. The van der Waals surface area contributed by atoms with Crippen LogP contribution in [0.1, 0.15) is 64.7 Å². The molecule has 0 aliphatic heterocycles. The first-order valence-corrected chi connectivity index (χ1v) is 8.66. The van der Waals surface area contributed by atoms with Gasteiger partial charge in [0.1, 0.15) is 0 Å². The molecule has 0 rings (SSSR count). The third-order valence-electron chi connectivity index (χ3n) is 3.41. The van der Waals surface area contributed by atoms with Crippen LogP contribution in [0.2, 0.25) is 0 Å². The fourth-order valence-corrected chi connectivity index (χ4v) is 3.03. The van der Waals surface area contributed by atoms with Gasteiger partial charge in [0.25, 0.3) is 0 Å². The predicted octanol–water partition coefficient (Wildman–Crippen LogP) is 7.15. The molecule has 0 fully saturated rings. The van der Waals surface area contributed by atoms with E-state index in [4.69, 9.17) is 0 Å². The summed E-state index contributed by atoms with van der Waals surface area (Å²) in [6.07, 6.45) is -0.829. The van der Waals surface area contributed by atoms with Crippen LogP contribution in [0.25, 0.3) is 0 Å². The maximum atomic E-state index is 13.2. The van der Waals surface area contributed by atoms with Gasteiger partial charge in [-0.1, -0.05) is 74.5 Å². The van der Waals surface area contributed by atoms with E-state index in [1.165, 1.54) is 22.6 Å². The van der Waals surface area contributed by atoms with Crippen molar-refractivity contribution in [2.24, 2.45) is 0 Å². The minimum atomic E-state index is -6.23. The zero-order valence-corrected chi connectivity index (χ0v) is 14.6. The van der Waals surface area contributed by atoms with Gasteiger partial charge < -0.3 is 0 Å². The molecule has 22 heavy (non-hydrogen) atoms. The Bertz CT molecular complexity index is 302. The molecule has 0 bridgehead atoms. The van der Waals surface area contributed by atoms with Gasteiger partial charge in [-0.25, -0.2) is 0 Å². The third-order valence-corrected chi connectivity index (χ3v) is 4.48. The summed E-state index contributed by atoms with van der Waals surface area (Å²) in [5.74, 6) is -11.1. The Labute approximate surface area is 140 Å². The van der Waals surface area contributed by atoms with Crippen molar-refractivity contribution >= 4 is 22.6 Å². The molecule has 0 spiro atoms. The number of hydrogen-bond acceptors (Lipinski definition) is 0. The van der Waals surface area contributed by atoms with Gasteiger partial charge in [0, 0.05) is 10.3 Å². The van der Waals surface area contributed by atoms with Crippen LogP contribution in [0, 0.1) is 0 Å². The summed E-state index contributed by atoms with van der Waals surface area (Å²) in [6, 6.07) is 0. The van der Waals surface area contributed by atoms with E-state index in [2.05, 4.69) is 6.92 Å². The molecule has 0 heterocycles. The van der Waals surface area contributed by atoms with Gasteiger partial charge in [-0.05, 0) is 6.42 Å². The van der Waals surface area contributed by atoms with E-state index in [9.17, 15) is 30.7 Å². The van der Waals surface area contributed by atoms with Crippen LogP contribution in [0.5, 0.6) is 0 Å². The van der Waals surface area contributed by atoms with Crippen molar-refractivity contribution in [2.45, 2.75) is 86.7 Å². The van der Waals surface area contributed by atoms with Gasteiger partial charge in [-0.2, -0.15) is 30.7 Å². The summed E-state index contributed by atoms with van der Waals surface area (Å²) >= 11 is 1.53. The lowest BCUT2D eigenvalue weighted by Crippen LogP contribution is -2.52. The molecule has 0 aromatic rings. The van der Waals surface area contributed by atoms with Gasteiger partial charge in [0.05, 0.1) is 0 Å². The van der Waals surface area contributed by atoms with E-state index in [-0.39, 0.29) is 6.42 Å². The minimum absolute atomic E-state index is 0.220. The highest BCUT2D eigenvalue weighted by atomic mass is 127. The highest BCUT2D eigenvalue weighted by Gasteiger charge is 2.72. The smallest absolute Gasteiger partial charge is 0.199 e. The molecule has 0 nitrogen and oxygen atoms in total. The van der Waals surface area contributed by atoms with Crippen molar-refractivity contribution in [2.75, 3.05) is 0 Å². The summed E-state index contributed by atoms with van der Waals surface area (Å²) in [5, 5.41) is 0. The lowest BCUT2D eigenvalue weighted by Gasteiger charge is -2.29. The van der Waals surface area contributed by atoms with Gasteiger partial charge in [0.2, 0.25) is 0 Å². The van der Waals surface area contributed by atoms with Crippen molar-refractivity contribution in [3.63, 3.8) is 0 Å². The maximum Gasteiger partial charge on any atom is 0.459 e. The Hall–Kier alpha value is 0.240. The molecule has 1 atom stereocenters. The molecule has 0 amide bonds. The van der Waals surface area contributed by atoms with Crippen LogP contribution in [-0.2, 0) is 0 Å². The topological polar surface area (TPSA) is 0 Å². The van der Waals surface area contributed by atoms with Crippen molar-refractivity contribution in [3.05, 3.63) is 0 Å². The molecule has 134 valence electrons. The molecule has 0 radical (unpaired) electrons. The Kier molecular flexibility index (Phi) is 9.62. The average molecular weight is 450 g/mol. The van der Waals surface area contributed by atoms with E-state index in [1.54, 1.807) is 0 Å². The normalized spacial score (nSPS) is 15.1. The third kappa shape index (κ3) is 7.21. The number of unbranched alkanes of at least 4 members (excludes halogenated alkanes) is 6. The van der Waals surface area contributed by atoms with Gasteiger partial charge in [-0.3, -0.25) is 0 Å². The Balaban J connectivity index is 4.12. The van der Waals surface area contributed by atoms with Gasteiger partial charge in [-0.15, -0.1) is 0 Å². The largest absolute Gasteiger partial charge is 0.459 e. The van der Waals surface area contributed by atoms with Crippen molar-refractivity contribution in [1.82, 2.24) is 0 Å². The molecule has 8 heteroatoms. The van der Waals surface area contributed by atoms with Crippen molar-refractivity contribution in [3.8, 4) is 0 Å². The molecular weight excluding hydrogens is 428 g/mol. The van der Waals surface area contributed by atoms with E-state index in [0.29, 0.717) is 6.42 Å². The van der Waals surface area contributed by atoms with Crippen LogP contribution in [-0.4, -0.2) is 21.9 Å². The molecule has 0 aromatic heterocycles. The van der Waals surface area contributed by atoms with Crippen LogP contribution in [0.15, 0.2) is 0 Å². The maximum absolute atomic E-state index is 13.2. The second kappa shape index (κ2) is 9.52. The fraction of sp³-hybridized carbons (Fsp3) is 1.00. The molecule has 0 saturated heterocycles. The van der Waals surface area contributed by atoms with E-state index < -0.39 is 28.4 Å². The first-order chi connectivity index (χ1) is 9.95. The quantitative estimate of drug-likeness (QED) is 0.136. The van der Waals surface area contributed by atoms with E-state index in [0.717, 1.165) is 38.5 Å². The molecule has 0 N–H and O–H groups in total. The van der Waals surface area contributed by atoms with Crippen LogP contribution in [0.3, 0.4) is 0 Å². The molecule has 0 aliphatic rings. The minimum Gasteiger partial charge on any atom is -0.199 e. The Morgan fingerprint density at radius 3 is 1.68 bits per heavy atom. The molecule has 1 unspecified atom stereocenters. The highest BCUT2D eigenvalue weighted by Crippen LogP contribution is 2.49. The zero-order valence-electron chi connectivity index (χ0n) is 12.5. The monoisotopic (exact) mass is 450 g/mol. The lowest BCUT2D eigenvalue weighted by molar-refractivity contribution is -0.355. The predicted molar refractivity (Wildman–Crippen MR) is 81.0 cm³/mol. The van der Waals surface area contributed by atoms with E-state index >= 15 is 0 Å². The SMILES string of the molecule is CCCCCCCCCC(I)CC(F)(F)C(F)(F)C(F)(F)F. The number of rotatable bonds is 11. The Morgan fingerprint density at radius 2 is 1.23 bits per heavy atom. The first-order valence-electron chi connectivity index (χ1n) is 7.42. The van der Waals surface area contributed by atoms with Crippen molar-refractivity contribution < 1.29 is 30.7 Å². The molecule has 0 aliphatic carbocycles. The summed E-state index contributed by atoms with van der Waals surface area (Å²) in [5.41, 5.74) is 0. The second-order valence-electron chi connectivity index (χ2n) is 5.49. The standard InChI is InChI=1S/C14H22F7I/c1-2-3-4-5-6-7-8-9-11(22)10-12(15,16)13(17,18)14(19,20)21/h11H,2-10H2,1H3. The first kappa shape index (κ1) is 22.2. The lowest BCUT2D eigenvalue weighted by atomic mass is 10.0. The summed E-state index contributed by atoms with van der Waals surface area (Å²) in [4.78, 5) is 0. The highest BCUT2D eigenvalue weighted by molar-refractivity contribution is 14.1. The summed E-state index contributed by atoms with van der Waals surface area (Å²) in [6.45, 7) is 2.08. The number of halogens is 8. The van der Waals surface area contributed by atoms with Crippen molar-refractivity contribution in [1.29, 1.82) is 0 Å². The molecule has 0 aromatic carbocycles. The average Bonchev–Trinajstić information content (AvgIpc) is 2.35. The van der Waals surface area contributed by atoms with E-state index in [1.807, 2.05) is 0 Å². The number of alkyl halides is 8. The van der Waals surface area contributed by atoms with Crippen LogP contribution >= 0.6 is 22.6 Å². The second-order valence-corrected chi connectivity index (χ2v) is 7.25. The number of hydrogen-bond donors (Lipinski definition) is 0. The van der Waals surface area contributed by atoms with Crippen LogP contribution in [0.4, 0.5) is 30.7 Å². The fourth-order valence-electron chi connectivity index (χ4n) is 2.04. The van der Waals surface area contributed by atoms with Gasteiger partial charge in [0.15, 0.2) is 0 Å². The zero-order chi connectivity index (χ0) is 17.4. The van der Waals surface area contributed by atoms with Crippen LogP contribution < -0.4 is 0 Å². The summed E-state index contributed by atoms with van der Waals surface area (Å²) in [7, 11) is 0. The molecular formula is C14H22F7I.